The Balaban J connectivity index is 1.43. The van der Waals surface area contributed by atoms with Crippen LogP contribution in [-0.4, -0.2) is 69.1 Å². The first-order chi connectivity index (χ1) is 10.5. The maximum atomic E-state index is 12.3. The first kappa shape index (κ1) is 16.2. The summed E-state index contributed by atoms with van der Waals surface area (Å²) in [6, 6.07) is 0.434. The molecule has 6 nitrogen and oxygen atoms in total. The number of rotatable bonds is 3. The Morgan fingerprint density at radius 1 is 1.05 bits per heavy atom. The van der Waals surface area contributed by atoms with Crippen molar-refractivity contribution in [1.82, 2.24) is 10.2 Å². The molecule has 126 valence electrons. The lowest BCUT2D eigenvalue weighted by atomic mass is 9.93. The summed E-state index contributed by atoms with van der Waals surface area (Å²) in [5, 5.41) is 2.94. The highest BCUT2D eigenvalue weighted by Gasteiger charge is 2.33. The molecule has 0 bridgehead atoms. The third kappa shape index (κ3) is 4.00. The van der Waals surface area contributed by atoms with Crippen molar-refractivity contribution in [3.8, 4) is 0 Å². The predicted octanol–water partition coefficient (Wildman–Crippen LogP) is 0.181. The molecule has 0 spiro atoms. The van der Waals surface area contributed by atoms with Gasteiger partial charge < -0.3 is 15.0 Å². The molecule has 3 saturated heterocycles. The van der Waals surface area contributed by atoms with E-state index in [1.54, 1.807) is 0 Å². The molecule has 0 aromatic heterocycles. The lowest BCUT2D eigenvalue weighted by molar-refractivity contribution is -0.127. The monoisotopic (exact) mass is 330 g/mol. The zero-order valence-corrected chi connectivity index (χ0v) is 13.8. The van der Waals surface area contributed by atoms with Gasteiger partial charge in [0.2, 0.25) is 5.91 Å². The minimum atomic E-state index is -2.93. The maximum Gasteiger partial charge on any atom is 0.223 e. The molecule has 22 heavy (non-hydrogen) atoms. The van der Waals surface area contributed by atoms with Crippen molar-refractivity contribution in [2.24, 2.45) is 5.92 Å². The molecule has 0 aliphatic carbocycles. The third-order valence-electron chi connectivity index (χ3n) is 5.19. The van der Waals surface area contributed by atoms with Gasteiger partial charge in [0.25, 0.3) is 0 Å². The summed E-state index contributed by atoms with van der Waals surface area (Å²) in [5.41, 5.74) is 0. The lowest BCUT2D eigenvalue weighted by Crippen LogP contribution is -2.48. The quantitative estimate of drug-likeness (QED) is 0.799. The second-order valence-electron chi connectivity index (χ2n) is 6.76. The number of amides is 1. The van der Waals surface area contributed by atoms with E-state index < -0.39 is 9.84 Å². The van der Waals surface area contributed by atoms with E-state index >= 15 is 0 Å². The second-order valence-corrected chi connectivity index (χ2v) is 8.99. The van der Waals surface area contributed by atoms with Gasteiger partial charge in [-0.1, -0.05) is 0 Å². The molecule has 0 saturated carbocycles. The molecule has 0 radical (unpaired) electrons. The third-order valence-corrected chi connectivity index (χ3v) is 6.95. The van der Waals surface area contributed by atoms with Crippen molar-refractivity contribution in [3.63, 3.8) is 0 Å². The number of hydrogen-bond donors (Lipinski definition) is 1. The largest absolute Gasteiger partial charge is 0.381 e. The van der Waals surface area contributed by atoms with Gasteiger partial charge in [-0.25, -0.2) is 8.42 Å². The number of nitrogens with zero attached hydrogens (tertiary/aromatic N) is 1. The number of ether oxygens (including phenoxy) is 1. The Morgan fingerprint density at radius 3 is 2.32 bits per heavy atom. The average molecular weight is 330 g/mol. The predicted molar refractivity (Wildman–Crippen MR) is 83.3 cm³/mol. The van der Waals surface area contributed by atoms with E-state index in [0.29, 0.717) is 12.5 Å². The summed E-state index contributed by atoms with van der Waals surface area (Å²) >= 11 is 0. The van der Waals surface area contributed by atoms with E-state index in [1.807, 2.05) is 0 Å². The SMILES string of the molecule is O=C(NC1CCS(=O)(=O)C1)C1CCN(C2CCOCC2)CC1. The highest BCUT2D eigenvalue weighted by atomic mass is 32.2. The molecule has 3 rings (SSSR count). The van der Waals surface area contributed by atoms with Crippen LogP contribution in [0.4, 0.5) is 0 Å². The molecule has 3 fully saturated rings. The highest BCUT2D eigenvalue weighted by molar-refractivity contribution is 7.91. The maximum absolute atomic E-state index is 12.3. The summed E-state index contributed by atoms with van der Waals surface area (Å²) < 4.78 is 28.3. The molecule has 7 heteroatoms. The van der Waals surface area contributed by atoms with E-state index in [-0.39, 0.29) is 29.4 Å². The summed E-state index contributed by atoms with van der Waals surface area (Å²) in [6.07, 6.45) is 4.51. The fourth-order valence-corrected chi connectivity index (χ4v) is 5.48. The fraction of sp³-hybridized carbons (Fsp3) is 0.933. The topological polar surface area (TPSA) is 75.7 Å². The van der Waals surface area contributed by atoms with Crippen LogP contribution < -0.4 is 5.32 Å². The Hall–Kier alpha value is -0.660. The number of carbonyl (C=O) groups is 1. The van der Waals surface area contributed by atoms with Crippen LogP contribution in [0.1, 0.15) is 32.1 Å². The second kappa shape index (κ2) is 6.84. The zero-order valence-electron chi connectivity index (χ0n) is 13.0. The van der Waals surface area contributed by atoms with Crippen LogP contribution in [0.3, 0.4) is 0 Å². The average Bonchev–Trinajstić information content (AvgIpc) is 2.87. The molecule has 3 aliphatic rings. The van der Waals surface area contributed by atoms with E-state index in [1.165, 1.54) is 0 Å². The van der Waals surface area contributed by atoms with Crippen LogP contribution in [0.2, 0.25) is 0 Å². The Morgan fingerprint density at radius 2 is 1.73 bits per heavy atom. The molecule has 1 unspecified atom stereocenters. The molecule has 1 atom stereocenters. The number of hydrogen-bond acceptors (Lipinski definition) is 5. The molecule has 1 N–H and O–H groups in total. The molecular formula is C15H26N2O4S. The van der Waals surface area contributed by atoms with E-state index in [4.69, 9.17) is 4.74 Å². The summed E-state index contributed by atoms with van der Waals surface area (Å²) in [7, 11) is -2.93. The summed E-state index contributed by atoms with van der Waals surface area (Å²) in [5.74, 6) is 0.410. The summed E-state index contributed by atoms with van der Waals surface area (Å²) in [6.45, 7) is 3.62. The van der Waals surface area contributed by atoms with Gasteiger partial charge in [0.15, 0.2) is 9.84 Å². The van der Waals surface area contributed by atoms with Crippen molar-refractivity contribution in [3.05, 3.63) is 0 Å². The van der Waals surface area contributed by atoms with Gasteiger partial charge in [-0.2, -0.15) is 0 Å². The highest BCUT2D eigenvalue weighted by Crippen LogP contribution is 2.24. The van der Waals surface area contributed by atoms with Crippen LogP contribution in [0.5, 0.6) is 0 Å². The molecule has 0 aromatic rings. The van der Waals surface area contributed by atoms with Crippen LogP contribution in [0.25, 0.3) is 0 Å². The molecular weight excluding hydrogens is 304 g/mol. The Labute approximate surface area is 132 Å². The van der Waals surface area contributed by atoms with Crippen molar-refractivity contribution in [2.75, 3.05) is 37.8 Å². The van der Waals surface area contributed by atoms with Gasteiger partial charge in [0, 0.05) is 31.2 Å². The first-order valence-corrected chi connectivity index (χ1v) is 10.2. The van der Waals surface area contributed by atoms with Crippen molar-refractivity contribution in [2.45, 2.75) is 44.2 Å². The van der Waals surface area contributed by atoms with Crippen molar-refractivity contribution in [1.29, 1.82) is 0 Å². The minimum absolute atomic E-state index is 0.0411. The van der Waals surface area contributed by atoms with Crippen LogP contribution >= 0.6 is 0 Å². The van der Waals surface area contributed by atoms with E-state index in [9.17, 15) is 13.2 Å². The van der Waals surface area contributed by atoms with Crippen molar-refractivity contribution < 1.29 is 17.9 Å². The van der Waals surface area contributed by atoms with Gasteiger partial charge >= 0.3 is 0 Å². The first-order valence-electron chi connectivity index (χ1n) is 8.36. The molecule has 0 aromatic carbocycles. The van der Waals surface area contributed by atoms with Gasteiger partial charge in [0.1, 0.15) is 0 Å². The molecule has 3 heterocycles. The molecule has 1 amide bonds. The number of likely N-dealkylation sites (tertiary alicyclic amines) is 1. The number of carbonyl (C=O) groups excluding carboxylic acids is 1. The fourth-order valence-electron chi connectivity index (χ4n) is 3.80. The van der Waals surface area contributed by atoms with Gasteiger partial charge in [-0.05, 0) is 45.2 Å². The number of nitrogens with one attached hydrogen (secondary N) is 1. The van der Waals surface area contributed by atoms with Crippen LogP contribution in [0, 0.1) is 5.92 Å². The van der Waals surface area contributed by atoms with Crippen LogP contribution in [0.15, 0.2) is 0 Å². The number of piperidine rings is 1. The van der Waals surface area contributed by atoms with Crippen molar-refractivity contribution >= 4 is 15.7 Å². The Kier molecular flexibility index (Phi) is 5.04. The summed E-state index contributed by atoms with van der Waals surface area (Å²) in [4.78, 5) is 14.8. The smallest absolute Gasteiger partial charge is 0.223 e. The molecule has 3 aliphatic heterocycles. The van der Waals surface area contributed by atoms with Gasteiger partial charge in [0.05, 0.1) is 11.5 Å². The lowest BCUT2D eigenvalue weighted by Gasteiger charge is -2.39. The minimum Gasteiger partial charge on any atom is -0.381 e. The van der Waals surface area contributed by atoms with Gasteiger partial charge in [-0.3, -0.25) is 4.79 Å². The van der Waals surface area contributed by atoms with E-state index in [2.05, 4.69) is 10.2 Å². The zero-order chi connectivity index (χ0) is 15.6. The van der Waals surface area contributed by atoms with E-state index in [0.717, 1.165) is 52.0 Å². The Bertz CT molecular complexity index is 494. The van der Waals surface area contributed by atoms with Gasteiger partial charge in [-0.15, -0.1) is 0 Å². The van der Waals surface area contributed by atoms with Crippen LogP contribution in [-0.2, 0) is 19.4 Å². The number of sulfone groups is 1. The standard InChI is InChI=1S/C15H26N2O4S/c18-15(16-13-5-10-22(19,20)11-13)12-1-6-17(7-2-12)14-3-8-21-9-4-14/h12-14H,1-11H2,(H,16,18). The normalized spacial score (nSPS) is 31.2.